The molecule has 3 atom stereocenters. The molecule has 0 radical (unpaired) electrons. The Kier molecular flexibility index (Phi) is 6.52. The van der Waals surface area contributed by atoms with Crippen molar-refractivity contribution in [3.8, 4) is 5.75 Å². The number of likely N-dealkylation sites (N-methyl/N-ethyl adjacent to an activating group) is 1. The van der Waals surface area contributed by atoms with Crippen LogP contribution in [0.2, 0.25) is 0 Å². The predicted molar refractivity (Wildman–Crippen MR) is 114 cm³/mol. The van der Waals surface area contributed by atoms with Crippen LogP contribution in [-0.4, -0.2) is 59.9 Å². The molecule has 3 heterocycles. The maximum Gasteiger partial charge on any atom is 0.240 e. The molecule has 6 nitrogen and oxygen atoms in total. The minimum absolute atomic E-state index is 0.0677. The second-order valence-electron chi connectivity index (χ2n) is 9.15. The molecule has 0 aliphatic carbocycles. The lowest BCUT2D eigenvalue weighted by atomic mass is 9.78. The zero-order chi connectivity index (χ0) is 21.2. The van der Waals surface area contributed by atoms with Crippen molar-refractivity contribution >= 4 is 12.3 Å². The van der Waals surface area contributed by atoms with Gasteiger partial charge in [-0.1, -0.05) is 13.0 Å². The summed E-state index contributed by atoms with van der Waals surface area (Å²) in [6, 6.07) is 7.22. The van der Waals surface area contributed by atoms with Gasteiger partial charge in [0.25, 0.3) is 0 Å². The van der Waals surface area contributed by atoms with Crippen molar-refractivity contribution in [2.75, 3.05) is 20.2 Å². The van der Waals surface area contributed by atoms with Gasteiger partial charge in [-0.3, -0.25) is 14.5 Å². The lowest BCUT2D eigenvalue weighted by Gasteiger charge is -2.55. The smallest absolute Gasteiger partial charge is 0.240 e. The van der Waals surface area contributed by atoms with E-state index in [0.717, 1.165) is 31.7 Å². The van der Waals surface area contributed by atoms with Crippen LogP contribution in [0.3, 0.4) is 0 Å². The van der Waals surface area contributed by atoms with Gasteiger partial charge in [0.15, 0.2) is 0 Å². The number of carbonyl (C=O) groups is 2. The Morgan fingerprint density at radius 2 is 2.03 bits per heavy atom. The number of nitrogens with one attached hydrogen (secondary N) is 1. The van der Waals surface area contributed by atoms with Gasteiger partial charge in [-0.15, -0.1) is 0 Å². The Morgan fingerprint density at radius 3 is 2.62 bits per heavy atom. The summed E-state index contributed by atoms with van der Waals surface area (Å²) in [5.74, 6) is 1.27. The largest absolute Gasteiger partial charge is 0.497 e. The summed E-state index contributed by atoms with van der Waals surface area (Å²) in [5, 5.41) is 2.60. The monoisotopic (exact) mass is 401 g/mol. The normalized spacial score (nSPS) is 25.9. The molecule has 0 aromatic heterocycles. The average molecular weight is 402 g/mol. The molecule has 3 unspecified atom stereocenters. The highest BCUT2D eigenvalue weighted by atomic mass is 16.5. The van der Waals surface area contributed by atoms with Crippen LogP contribution in [0.5, 0.6) is 5.75 Å². The van der Waals surface area contributed by atoms with Gasteiger partial charge in [0.1, 0.15) is 5.75 Å². The summed E-state index contributed by atoms with van der Waals surface area (Å²) < 4.78 is 5.37. The Labute approximate surface area is 174 Å². The minimum atomic E-state index is -0.0677. The number of fused-ring (bicyclic) bond motifs is 6. The summed E-state index contributed by atoms with van der Waals surface area (Å²) in [4.78, 5) is 27.3. The first-order valence-corrected chi connectivity index (χ1v) is 10.7. The Morgan fingerprint density at radius 1 is 1.28 bits per heavy atom. The number of piperazine rings is 1. The summed E-state index contributed by atoms with van der Waals surface area (Å²) in [5.41, 5.74) is 2.62. The van der Waals surface area contributed by atoms with Crippen LogP contribution in [0, 0.1) is 0 Å². The first kappa shape index (κ1) is 21.6. The van der Waals surface area contributed by atoms with Crippen molar-refractivity contribution in [3.63, 3.8) is 0 Å². The van der Waals surface area contributed by atoms with E-state index in [-0.39, 0.29) is 17.6 Å². The third-order valence-electron chi connectivity index (χ3n) is 6.22. The number of piperidine rings is 1. The van der Waals surface area contributed by atoms with E-state index in [2.05, 4.69) is 34.2 Å². The maximum atomic E-state index is 12.9. The van der Waals surface area contributed by atoms with E-state index in [4.69, 9.17) is 4.74 Å². The molecule has 3 aliphatic rings. The van der Waals surface area contributed by atoms with Crippen molar-refractivity contribution in [1.29, 1.82) is 0 Å². The van der Waals surface area contributed by atoms with Gasteiger partial charge in [-0.2, -0.15) is 0 Å². The average Bonchev–Trinajstić information content (AvgIpc) is 2.70. The summed E-state index contributed by atoms with van der Waals surface area (Å²) in [7, 11) is 1.71. The molecular weight excluding hydrogens is 366 g/mol. The maximum absolute atomic E-state index is 12.9. The van der Waals surface area contributed by atoms with Crippen LogP contribution in [0.4, 0.5) is 0 Å². The fourth-order valence-electron chi connectivity index (χ4n) is 4.94. The van der Waals surface area contributed by atoms with Crippen LogP contribution in [0.15, 0.2) is 18.2 Å². The number of carbonyl (C=O) groups excluding carboxylic acids is 2. The molecule has 3 aliphatic heterocycles. The van der Waals surface area contributed by atoms with Crippen molar-refractivity contribution < 1.29 is 14.3 Å². The summed E-state index contributed by atoms with van der Waals surface area (Å²) >= 11 is 0. The van der Waals surface area contributed by atoms with E-state index in [1.54, 1.807) is 7.11 Å². The summed E-state index contributed by atoms with van der Waals surface area (Å²) in [6.07, 6.45) is 5.06. The highest BCUT2D eigenvalue weighted by Crippen LogP contribution is 2.44. The van der Waals surface area contributed by atoms with Crippen molar-refractivity contribution in [1.82, 2.24) is 15.1 Å². The van der Waals surface area contributed by atoms with E-state index in [0.29, 0.717) is 18.4 Å². The van der Waals surface area contributed by atoms with Crippen molar-refractivity contribution in [3.05, 3.63) is 29.3 Å². The molecule has 2 fully saturated rings. The number of hydrogen-bond acceptors (Lipinski definition) is 4. The van der Waals surface area contributed by atoms with E-state index in [1.807, 2.05) is 26.8 Å². The molecule has 160 valence electrons. The Hall–Kier alpha value is -2.08. The molecule has 1 N–H and O–H groups in total. The number of hydrogen-bond donors (Lipinski definition) is 1. The third-order valence-corrected chi connectivity index (χ3v) is 6.22. The van der Waals surface area contributed by atoms with E-state index < -0.39 is 0 Å². The highest BCUT2D eigenvalue weighted by Gasteiger charge is 2.49. The molecule has 1 aromatic rings. The van der Waals surface area contributed by atoms with Gasteiger partial charge in [0.2, 0.25) is 12.3 Å². The molecular formula is C23H35N3O3. The second-order valence-corrected chi connectivity index (χ2v) is 9.15. The number of ether oxygens (including phenoxy) is 1. The van der Waals surface area contributed by atoms with Crippen LogP contribution in [-0.2, 0) is 16.0 Å². The quantitative estimate of drug-likeness (QED) is 0.791. The molecule has 0 spiro atoms. The van der Waals surface area contributed by atoms with Gasteiger partial charge >= 0.3 is 0 Å². The minimum Gasteiger partial charge on any atom is -0.497 e. The highest BCUT2D eigenvalue weighted by molar-refractivity contribution is 5.84. The summed E-state index contributed by atoms with van der Waals surface area (Å²) in [6.45, 7) is 9.81. The molecule has 6 heteroatoms. The standard InChI is InChI=1S/C18H24N2O2.C5H11NO/c1-3-19-15-5-4-6-16(19)18(21)20-10-9-12-11-13(22-2)7-8-14(12)17(15)20;1-5(2,3)6-4-7/h7-8,11,15-17H,3-6,9-10H2,1-2H3;4H,1-3H3,(H,6,7). The Balaban J connectivity index is 0.000000298. The first-order valence-electron chi connectivity index (χ1n) is 10.7. The molecule has 4 rings (SSSR count). The van der Waals surface area contributed by atoms with Crippen LogP contribution in [0.1, 0.15) is 64.1 Å². The molecule has 2 saturated heterocycles. The van der Waals surface area contributed by atoms with Crippen molar-refractivity contribution in [2.45, 2.75) is 77.0 Å². The van der Waals surface area contributed by atoms with Gasteiger partial charge in [-0.25, -0.2) is 0 Å². The third kappa shape index (κ3) is 4.42. The molecule has 2 amide bonds. The Bertz CT molecular complexity index is 743. The molecule has 0 saturated carbocycles. The topological polar surface area (TPSA) is 61.9 Å². The zero-order valence-corrected chi connectivity index (χ0v) is 18.4. The zero-order valence-electron chi connectivity index (χ0n) is 18.4. The second kappa shape index (κ2) is 8.74. The number of benzene rings is 1. The number of methoxy groups -OCH3 is 1. The van der Waals surface area contributed by atoms with Crippen LogP contribution < -0.4 is 10.1 Å². The molecule has 29 heavy (non-hydrogen) atoms. The van der Waals surface area contributed by atoms with Gasteiger partial charge in [0, 0.05) is 18.1 Å². The van der Waals surface area contributed by atoms with Gasteiger partial charge in [-0.05, 0) is 76.3 Å². The van der Waals surface area contributed by atoms with Crippen LogP contribution in [0.25, 0.3) is 0 Å². The van der Waals surface area contributed by atoms with E-state index >= 15 is 0 Å². The van der Waals surface area contributed by atoms with E-state index in [1.165, 1.54) is 24.0 Å². The van der Waals surface area contributed by atoms with Crippen molar-refractivity contribution in [2.24, 2.45) is 0 Å². The van der Waals surface area contributed by atoms with Crippen LogP contribution >= 0.6 is 0 Å². The predicted octanol–water partition coefficient (Wildman–Crippen LogP) is 2.91. The lowest BCUT2D eigenvalue weighted by molar-refractivity contribution is -0.156. The van der Waals surface area contributed by atoms with Gasteiger partial charge in [0.05, 0.1) is 19.2 Å². The van der Waals surface area contributed by atoms with E-state index in [9.17, 15) is 9.59 Å². The lowest BCUT2D eigenvalue weighted by Crippen LogP contribution is -2.65. The molecule has 1 aromatic carbocycles. The SMILES string of the molecule is CC(C)(C)NC=O.CCN1C2CCCC1C1c3ccc(OC)cc3CCN1C2=O. The number of amides is 2. The number of rotatable bonds is 3. The first-order chi connectivity index (χ1) is 13.8. The fourth-order valence-corrected chi connectivity index (χ4v) is 4.94. The van der Waals surface area contributed by atoms with Gasteiger partial charge < -0.3 is 15.0 Å². The number of nitrogens with zero attached hydrogens (tertiary/aromatic N) is 2. The molecule has 2 bridgehead atoms. The fraction of sp³-hybridized carbons (Fsp3) is 0.652.